The third kappa shape index (κ3) is 5.71. The Hall–Kier alpha value is -2.80. The van der Waals surface area contributed by atoms with Gasteiger partial charge in [-0.25, -0.2) is 8.78 Å². The minimum atomic E-state index is -0.415. The van der Waals surface area contributed by atoms with Gasteiger partial charge in [0.1, 0.15) is 30.1 Å². The summed E-state index contributed by atoms with van der Waals surface area (Å²) in [6.07, 6.45) is -0.415. The van der Waals surface area contributed by atoms with Gasteiger partial charge in [-0.15, -0.1) is 0 Å². The average molecular weight is 440 g/mol. The second-order valence-corrected chi connectivity index (χ2v) is 7.92. The van der Waals surface area contributed by atoms with Gasteiger partial charge in [0, 0.05) is 12.1 Å². The van der Waals surface area contributed by atoms with Gasteiger partial charge >= 0.3 is 0 Å². The van der Waals surface area contributed by atoms with Gasteiger partial charge in [-0.3, -0.25) is 4.90 Å². The summed E-state index contributed by atoms with van der Waals surface area (Å²) in [4.78, 5) is 2.15. The van der Waals surface area contributed by atoms with Crippen LogP contribution in [0.3, 0.4) is 0 Å². The molecule has 0 fully saturated rings. The third-order valence-corrected chi connectivity index (χ3v) is 5.67. The summed E-state index contributed by atoms with van der Waals surface area (Å²) in [6.45, 7) is 2.69. The zero-order valence-corrected chi connectivity index (χ0v) is 18.0. The molecule has 0 saturated heterocycles. The Balaban J connectivity index is 1.38. The van der Waals surface area contributed by atoms with Crippen molar-refractivity contribution in [2.45, 2.75) is 18.8 Å². The molecule has 4 rings (SSSR count). The van der Waals surface area contributed by atoms with Gasteiger partial charge in [0.25, 0.3) is 0 Å². The van der Waals surface area contributed by atoms with Crippen LogP contribution in [0.25, 0.3) is 0 Å². The molecule has 1 atom stereocenters. The van der Waals surface area contributed by atoms with Crippen LogP contribution in [0.5, 0.6) is 5.75 Å². The molecule has 1 aliphatic heterocycles. The topological polar surface area (TPSA) is 30.9 Å². The number of halogens is 2. The van der Waals surface area contributed by atoms with Crippen molar-refractivity contribution in [2.75, 3.05) is 33.4 Å². The summed E-state index contributed by atoms with van der Waals surface area (Å²) in [5, 5.41) is 0. The first-order valence-corrected chi connectivity index (χ1v) is 10.7. The minimum absolute atomic E-state index is 0.0852. The Bertz CT molecular complexity index is 949. The van der Waals surface area contributed by atoms with Crippen molar-refractivity contribution in [2.24, 2.45) is 0 Å². The van der Waals surface area contributed by atoms with Gasteiger partial charge < -0.3 is 14.2 Å². The lowest BCUT2D eigenvalue weighted by Crippen LogP contribution is -2.42. The third-order valence-electron chi connectivity index (χ3n) is 5.67. The molecule has 1 aliphatic rings. The summed E-state index contributed by atoms with van der Waals surface area (Å²) in [5.74, 6) is 0.240. The van der Waals surface area contributed by atoms with Gasteiger partial charge in [-0.05, 0) is 48.5 Å². The molecule has 0 saturated carbocycles. The van der Waals surface area contributed by atoms with E-state index in [0.29, 0.717) is 33.0 Å². The predicted octanol–water partition coefficient (Wildman–Crippen LogP) is 4.98. The molecular formula is C26H27F2NO3. The average Bonchev–Trinajstić information content (AvgIpc) is 2.79. The fourth-order valence-corrected chi connectivity index (χ4v) is 3.71. The molecule has 3 aromatic rings. The highest BCUT2D eigenvalue weighted by atomic mass is 19.1. The molecule has 6 heteroatoms. The van der Waals surface area contributed by atoms with Crippen LogP contribution in [-0.4, -0.2) is 44.4 Å². The fourth-order valence-electron chi connectivity index (χ4n) is 3.71. The lowest BCUT2D eigenvalue weighted by atomic mass is 10.0. The summed E-state index contributed by atoms with van der Waals surface area (Å²) in [7, 11) is 2.01. The second kappa shape index (κ2) is 10.7. The largest absolute Gasteiger partial charge is 0.491 e. The van der Waals surface area contributed by atoms with Crippen molar-refractivity contribution in [1.82, 2.24) is 4.90 Å². The van der Waals surface area contributed by atoms with Crippen LogP contribution in [-0.2, 0) is 16.1 Å². The van der Waals surface area contributed by atoms with Crippen molar-refractivity contribution in [1.29, 1.82) is 0 Å². The zero-order valence-electron chi connectivity index (χ0n) is 18.0. The molecule has 0 spiro atoms. The number of rotatable bonds is 7. The Morgan fingerprint density at radius 2 is 1.53 bits per heavy atom. The molecule has 3 aromatic carbocycles. The highest BCUT2D eigenvalue weighted by Gasteiger charge is 2.21. The van der Waals surface area contributed by atoms with Gasteiger partial charge in [-0.2, -0.15) is 0 Å². The highest BCUT2D eigenvalue weighted by Crippen LogP contribution is 2.27. The van der Waals surface area contributed by atoms with E-state index in [0.717, 1.165) is 22.4 Å². The van der Waals surface area contributed by atoms with Gasteiger partial charge in [0.2, 0.25) is 0 Å². The van der Waals surface area contributed by atoms with E-state index in [2.05, 4.69) is 4.90 Å². The van der Waals surface area contributed by atoms with Crippen molar-refractivity contribution in [3.63, 3.8) is 0 Å². The number of benzene rings is 3. The van der Waals surface area contributed by atoms with Gasteiger partial charge in [0.15, 0.2) is 0 Å². The molecule has 0 amide bonds. The number of fused-ring (bicyclic) bond motifs is 1. The number of nitrogens with zero attached hydrogens (tertiary/aromatic N) is 1. The zero-order chi connectivity index (χ0) is 22.3. The molecule has 0 N–H and O–H groups in total. The molecule has 32 heavy (non-hydrogen) atoms. The quantitative estimate of drug-likeness (QED) is 0.520. The first-order valence-electron chi connectivity index (χ1n) is 10.7. The minimum Gasteiger partial charge on any atom is -0.491 e. The molecule has 0 aromatic heterocycles. The fraction of sp³-hybridized carbons (Fsp3) is 0.308. The molecule has 168 valence electrons. The van der Waals surface area contributed by atoms with E-state index in [9.17, 15) is 8.78 Å². The number of hydrogen-bond donors (Lipinski definition) is 0. The van der Waals surface area contributed by atoms with Gasteiger partial charge in [0.05, 0.1) is 25.9 Å². The van der Waals surface area contributed by atoms with Crippen LogP contribution in [0.4, 0.5) is 8.78 Å². The summed E-state index contributed by atoms with van der Waals surface area (Å²) in [6, 6.07) is 20.4. The lowest BCUT2D eigenvalue weighted by molar-refractivity contribution is 0.00764. The van der Waals surface area contributed by atoms with Crippen LogP contribution in [0.1, 0.15) is 22.8 Å². The molecule has 0 aliphatic carbocycles. The van der Waals surface area contributed by atoms with E-state index in [-0.39, 0.29) is 17.7 Å². The maximum Gasteiger partial charge on any atom is 0.124 e. The Labute approximate surface area is 187 Å². The Kier molecular flexibility index (Phi) is 7.47. The van der Waals surface area contributed by atoms with E-state index >= 15 is 0 Å². The van der Waals surface area contributed by atoms with Crippen molar-refractivity contribution >= 4 is 0 Å². The predicted molar refractivity (Wildman–Crippen MR) is 119 cm³/mol. The summed E-state index contributed by atoms with van der Waals surface area (Å²) >= 11 is 0. The van der Waals surface area contributed by atoms with Crippen molar-refractivity contribution in [3.05, 3.63) is 101 Å². The van der Waals surface area contributed by atoms with Gasteiger partial charge in [-0.1, -0.05) is 42.5 Å². The Morgan fingerprint density at radius 1 is 0.906 bits per heavy atom. The number of hydrogen-bond acceptors (Lipinski definition) is 4. The highest BCUT2D eigenvalue weighted by molar-refractivity contribution is 5.33. The Morgan fingerprint density at radius 3 is 2.19 bits per heavy atom. The van der Waals surface area contributed by atoms with Crippen LogP contribution >= 0.6 is 0 Å². The maximum absolute atomic E-state index is 13.4. The SMILES string of the molecule is CN(CCOC(c1ccc(F)cc1)c1ccc(F)cc1)C1COCc2ccccc2OC1. The maximum atomic E-state index is 13.4. The monoisotopic (exact) mass is 439 g/mol. The number of ether oxygens (including phenoxy) is 3. The lowest BCUT2D eigenvalue weighted by Gasteiger charge is -2.30. The van der Waals surface area contributed by atoms with Crippen LogP contribution in [0.15, 0.2) is 72.8 Å². The normalized spacial score (nSPS) is 16.3. The van der Waals surface area contributed by atoms with Crippen molar-refractivity contribution < 1.29 is 23.0 Å². The standard InChI is InChI=1S/C26H27F2NO3/c1-29(24-17-30-16-21-4-2-3-5-25(21)32-18-24)14-15-31-26(19-6-10-22(27)11-7-19)20-8-12-23(28)13-9-20/h2-13,24,26H,14-18H2,1H3. The van der Waals surface area contributed by atoms with Crippen LogP contribution < -0.4 is 4.74 Å². The summed E-state index contributed by atoms with van der Waals surface area (Å²) in [5.41, 5.74) is 2.68. The molecule has 4 nitrogen and oxygen atoms in total. The molecule has 0 bridgehead atoms. The van der Waals surface area contributed by atoms with E-state index in [4.69, 9.17) is 14.2 Å². The molecule has 1 unspecified atom stereocenters. The van der Waals surface area contributed by atoms with E-state index in [1.165, 1.54) is 24.3 Å². The van der Waals surface area contributed by atoms with Crippen molar-refractivity contribution in [3.8, 4) is 5.75 Å². The van der Waals surface area contributed by atoms with E-state index in [1.54, 1.807) is 24.3 Å². The van der Waals surface area contributed by atoms with E-state index in [1.807, 2.05) is 31.3 Å². The second-order valence-electron chi connectivity index (χ2n) is 7.92. The molecule has 1 heterocycles. The molecule has 0 radical (unpaired) electrons. The van der Waals surface area contributed by atoms with Crippen LogP contribution in [0.2, 0.25) is 0 Å². The smallest absolute Gasteiger partial charge is 0.124 e. The van der Waals surface area contributed by atoms with Crippen LogP contribution in [0, 0.1) is 11.6 Å². The first kappa shape index (κ1) is 22.4. The number of para-hydroxylation sites is 1. The van der Waals surface area contributed by atoms with E-state index < -0.39 is 6.10 Å². The molecular weight excluding hydrogens is 412 g/mol. The first-order chi connectivity index (χ1) is 15.6. The summed E-state index contributed by atoms with van der Waals surface area (Å²) < 4.78 is 44.9. The number of likely N-dealkylation sites (N-methyl/N-ethyl adjacent to an activating group) is 1.